The van der Waals surface area contributed by atoms with E-state index in [-0.39, 0.29) is 0 Å². The van der Waals surface area contributed by atoms with E-state index in [1.807, 2.05) is 42.5 Å². The first-order chi connectivity index (χ1) is 15.5. The van der Waals surface area contributed by atoms with Crippen LogP contribution in [-0.4, -0.2) is 20.9 Å². The summed E-state index contributed by atoms with van der Waals surface area (Å²) in [5.41, 5.74) is 1.30. The number of hydrogen-bond donors (Lipinski definition) is 1. The molecule has 0 aliphatic heterocycles. The van der Waals surface area contributed by atoms with Gasteiger partial charge in [-0.3, -0.25) is 4.79 Å². The second-order valence-corrected chi connectivity index (χ2v) is 7.33. The Labute approximate surface area is 184 Å². The highest BCUT2D eigenvalue weighted by molar-refractivity contribution is 5.87. The molecule has 0 aliphatic carbocycles. The van der Waals surface area contributed by atoms with Crippen molar-refractivity contribution < 1.29 is 9.90 Å². The maximum absolute atomic E-state index is 13.4. The Balaban J connectivity index is 2.09. The lowest BCUT2D eigenvalue weighted by Gasteiger charge is -2.17. The third-order valence-electron chi connectivity index (χ3n) is 5.38. The Morgan fingerprint density at radius 3 is 2.34 bits per heavy atom. The summed E-state index contributed by atoms with van der Waals surface area (Å²) >= 11 is 0. The number of aromatic nitrogens is 2. The average Bonchev–Trinajstić information content (AvgIpc) is 2.81. The summed E-state index contributed by atoms with van der Waals surface area (Å²) in [7, 11) is 0. The molecule has 0 bridgehead atoms. The second kappa shape index (κ2) is 8.86. The van der Waals surface area contributed by atoms with Gasteiger partial charge in [-0.05, 0) is 29.3 Å². The quantitative estimate of drug-likeness (QED) is 0.534. The number of aliphatic carboxylic acids is 1. The van der Waals surface area contributed by atoms with Gasteiger partial charge in [-0.15, -0.1) is 0 Å². The van der Waals surface area contributed by atoms with Crippen LogP contribution in [-0.2, 0) is 4.79 Å². The van der Waals surface area contributed by atoms with Crippen LogP contribution in [0.25, 0.3) is 34.2 Å². The van der Waals surface area contributed by atoms with E-state index in [0.29, 0.717) is 21.7 Å². The number of nitrogens with zero attached hydrogens (tertiary/aromatic N) is 2. The molecular formula is C27H22N2O3. The molecule has 3 aromatic carbocycles. The Morgan fingerprint density at radius 2 is 1.69 bits per heavy atom. The first-order valence-electron chi connectivity index (χ1n) is 10.2. The van der Waals surface area contributed by atoms with Crippen LogP contribution >= 0.6 is 0 Å². The van der Waals surface area contributed by atoms with Crippen molar-refractivity contribution in [3.05, 3.63) is 112 Å². The lowest BCUT2D eigenvalue weighted by molar-refractivity contribution is -0.139. The van der Waals surface area contributed by atoms with Crippen molar-refractivity contribution in [3.63, 3.8) is 0 Å². The van der Waals surface area contributed by atoms with Gasteiger partial charge >= 0.3 is 5.97 Å². The molecule has 4 aromatic rings. The van der Waals surface area contributed by atoms with Gasteiger partial charge in [-0.1, -0.05) is 91.5 Å². The molecule has 1 heterocycles. The minimum absolute atomic E-state index is 0.380. The molecule has 4 rings (SSSR count). The monoisotopic (exact) mass is 422 g/mol. The van der Waals surface area contributed by atoms with Crippen LogP contribution in [0.5, 0.6) is 0 Å². The molecule has 0 radical (unpaired) electrons. The fourth-order valence-electron chi connectivity index (χ4n) is 3.89. The predicted octanol–water partition coefficient (Wildman–Crippen LogP) is 3.50. The first-order valence-corrected chi connectivity index (χ1v) is 10.2. The molecule has 0 spiro atoms. The van der Waals surface area contributed by atoms with E-state index in [0.717, 1.165) is 21.0 Å². The van der Waals surface area contributed by atoms with Crippen LogP contribution in [0.4, 0.5) is 0 Å². The van der Waals surface area contributed by atoms with E-state index in [1.54, 1.807) is 55.5 Å². The Hall–Kier alpha value is -4.25. The van der Waals surface area contributed by atoms with Crippen molar-refractivity contribution in [1.29, 1.82) is 0 Å². The summed E-state index contributed by atoms with van der Waals surface area (Å²) in [4.78, 5) is 25.6. The van der Waals surface area contributed by atoms with Crippen LogP contribution in [0.2, 0.25) is 0 Å². The smallest absolute Gasteiger partial charge is 0.333 e. The van der Waals surface area contributed by atoms with Gasteiger partial charge in [0.2, 0.25) is 0 Å². The number of hydrogen-bond acceptors (Lipinski definition) is 3. The third kappa shape index (κ3) is 3.76. The van der Waals surface area contributed by atoms with Crippen molar-refractivity contribution in [2.75, 3.05) is 0 Å². The van der Waals surface area contributed by atoms with Gasteiger partial charge in [0.05, 0.1) is 5.69 Å². The molecule has 0 aliphatic rings. The van der Waals surface area contributed by atoms with Crippen molar-refractivity contribution in [1.82, 2.24) is 9.78 Å². The Kier molecular flexibility index (Phi) is 5.81. The van der Waals surface area contributed by atoms with Crippen LogP contribution < -0.4 is 16.0 Å². The van der Waals surface area contributed by atoms with E-state index >= 15 is 0 Å². The summed E-state index contributed by atoms with van der Waals surface area (Å²) in [6.45, 7) is 5.53. The topological polar surface area (TPSA) is 72.2 Å². The van der Waals surface area contributed by atoms with Gasteiger partial charge in [-0.25, -0.2) is 9.48 Å². The van der Waals surface area contributed by atoms with E-state index in [9.17, 15) is 14.7 Å². The van der Waals surface area contributed by atoms with Crippen molar-refractivity contribution in [3.8, 4) is 11.3 Å². The molecule has 1 unspecified atom stereocenters. The zero-order valence-corrected chi connectivity index (χ0v) is 17.6. The number of rotatable bonds is 5. The molecule has 1 atom stereocenters. The number of carboxylic acids is 1. The van der Waals surface area contributed by atoms with Crippen LogP contribution in [0.1, 0.15) is 18.5 Å². The average molecular weight is 422 g/mol. The number of carbonyl (C=O) groups is 1. The molecule has 0 fully saturated rings. The fourth-order valence-corrected chi connectivity index (χ4v) is 3.89. The molecule has 1 N–H and O–H groups in total. The SMILES string of the molecule is C=CC=c1c(-c2ccc3ccccc3c2)nn(C(C(=O)O)c2ccccc2)c(=O)c1=CC. The van der Waals surface area contributed by atoms with Crippen LogP contribution in [0.15, 0.2) is 90.2 Å². The van der Waals surface area contributed by atoms with Gasteiger partial charge in [-0.2, -0.15) is 5.10 Å². The minimum Gasteiger partial charge on any atom is -0.479 e. The van der Waals surface area contributed by atoms with Crippen molar-refractivity contribution in [2.24, 2.45) is 0 Å². The molecule has 5 nitrogen and oxygen atoms in total. The Morgan fingerprint density at radius 1 is 1.00 bits per heavy atom. The van der Waals surface area contributed by atoms with E-state index in [2.05, 4.69) is 11.7 Å². The maximum atomic E-state index is 13.4. The van der Waals surface area contributed by atoms with Gasteiger partial charge < -0.3 is 5.11 Å². The zero-order valence-electron chi connectivity index (χ0n) is 17.6. The number of carboxylic acid groups (broad SMARTS) is 1. The van der Waals surface area contributed by atoms with E-state index in [1.165, 1.54) is 0 Å². The molecule has 0 saturated carbocycles. The highest BCUT2D eigenvalue weighted by atomic mass is 16.4. The van der Waals surface area contributed by atoms with Crippen LogP contribution in [0.3, 0.4) is 0 Å². The number of fused-ring (bicyclic) bond motifs is 1. The maximum Gasteiger partial charge on any atom is 0.333 e. The summed E-state index contributed by atoms with van der Waals surface area (Å²) in [6.07, 6.45) is 5.02. The summed E-state index contributed by atoms with van der Waals surface area (Å²) in [5.74, 6) is -1.15. The second-order valence-electron chi connectivity index (χ2n) is 7.33. The highest BCUT2D eigenvalue weighted by Gasteiger charge is 2.25. The molecule has 158 valence electrons. The number of allylic oxidation sites excluding steroid dienone is 1. The molecular weight excluding hydrogens is 400 g/mol. The summed E-state index contributed by atoms with van der Waals surface area (Å²) in [5, 5.41) is 17.7. The fraction of sp³-hybridized carbons (Fsp3) is 0.0741. The highest BCUT2D eigenvalue weighted by Crippen LogP contribution is 2.22. The molecule has 0 amide bonds. The standard InChI is InChI=1S/C27H22N2O3/c1-3-10-23-22(4-2)26(30)29(25(27(31)32)19-12-6-5-7-13-19)28-24(23)21-16-15-18-11-8-9-14-20(18)17-21/h3-17,25H,1H2,2H3,(H,31,32). The van der Waals surface area contributed by atoms with Crippen LogP contribution in [0, 0.1) is 0 Å². The predicted molar refractivity (Wildman–Crippen MR) is 128 cm³/mol. The molecule has 5 heteroatoms. The van der Waals surface area contributed by atoms with Gasteiger partial charge in [0.15, 0.2) is 6.04 Å². The minimum atomic E-state index is -1.25. The third-order valence-corrected chi connectivity index (χ3v) is 5.38. The van der Waals surface area contributed by atoms with E-state index < -0.39 is 17.6 Å². The van der Waals surface area contributed by atoms with Crippen molar-refractivity contribution >= 4 is 28.9 Å². The van der Waals surface area contributed by atoms with Gasteiger partial charge in [0, 0.05) is 16.0 Å². The largest absolute Gasteiger partial charge is 0.479 e. The lowest BCUT2D eigenvalue weighted by Crippen LogP contribution is -2.49. The Bertz CT molecular complexity index is 1500. The van der Waals surface area contributed by atoms with E-state index in [4.69, 9.17) is 0 Å². The van der Waals surface area contributed by atoms with Crippen molar-refractivity contribution in [2.45, 2.75) is 13.0 Å². The molecule has 0 saturated heterocycles. The first kappa shape index (κ1) is 21.0. The molecule has 32 heavy (non-hydrogen) atoms. The summed E-state index contributed by atoms with van der Waals surface area (Å²) < 4.78 is 1.07. The van der Waals surface area contributed by atoms with Gasteiger partial charge in [0.1, 0.15) is 0 Å². The summed E-state index contributed by atoms with van der Waals surface area (Å²) in [6, 6.07) is 21.3. The molecule has 1 aromatic heterocycles. The number of benzene rings is 3. The zero-order chi connectivity index (χ0) is 22.7. The normalized spacial score (nSPS) is 13.3. The van der Waals surface area contributed by atoms with Gasteiger partial charge in [0.25, 0.3) is 5.56 Å². The lowest BCUT2D eigenvalue weighted by atomic mass is 10.0.